The van der Waals surface area contributed by atoms with Crippen LogP contribution in [0.15, 0.2) is 47.4 Å². The van der Waals surface area contributed by atoms with Gasteiger partial charge in [-0.3, -0.25) is 4.79 Å². The molecule has 2 aromatic rings. The number of sulfone groups is 1. The molecule has 0 aliphatic carbocycles. The van der Waals surface area contributed by atoms with E-state index in [1.165, 1.54) is 12.1 Å². The zero-order valence-electron chi connectivity index (χ0n) is 11.6. The van der Waals surface area contributed by atoms with E-state index < -0.39 is 9.84 Å². The van der Waals surface area contributed by atoms with Gasteiger partial charge in [0, 0.05) is 11.9 Å². The van der Waals surface area contributed by atoms with E-state index in [1.807, 2.05) is 0 Å². The Morgan fingerprint density at radius 2 is 1.82 bits per heavy atom. The number of hydrogen-bond donors (Lipinski definition) is 1. The summed E-state index contributed by atoms with van der Waals surface area (Å²) in [6, 6.07) is 11.0. The lowest BCUT2D eigenvalue weighted by Gasteiger charge is -2.07. The summed E-state index contributed by atoms with van der Waals surface area (Å²) in [6.45, 7) is 0. The quantitative estimate of drug-likeness (QED) is 0.909. The summed E-state index contributed by atoms with van der Waals surface area (Å²) < 4.78 is 23.0. The maximum absolute atomic E-state index is 12.0. The zero-order valence-corrected chi connectivity index (χ0v) is 14.0. The maximum Gasteiger partial charge on any atom is 0.228 e. The number of carbonyl (C=O) groups excluding carboxylic acids is 1. The minimum Gasteiger partial charge on any atom is -0.326 e. The highest BCUT2D eigenvalue weighted by Gasteiger charge is 2.10. The Kier molecular flexibility index (Phi) is 5.11. The van der Waals surface area contributed by atoms with Gasteiger partial charge >= 0.3 is 0 Å². The summed E-state index contributed by atoms with van der Waals surface area (Å²) in [5.74, 6) is -0.274. The molecule has 7 heteroatoms. The molecule has 0 aliphatic rings. The normalized spacial score (nSPS) is 11.2. The Labute approximate surface area is 139 Å². The van der Waals surface area contributed by atoms with Crippen molar-refractivity contribution in [2.45, 2.75) is 11.3 Å². The Morgan fingerprint density at radius 3 is 2.45 bits per heavy atom. The molecule has 22 heavy (non-hydrogen) atoms. The largest absolute Gasteiger partial charge is 0.326 e. The molecule has 1 N–H and O–H groups in total. The maximum atomic E-state index is 12.0. The van der Waals surface area contributed by atoms with Gasteiger partial charge in [0.15, 0.2) is 9.84 Å². The minimum atomic E-state index is -3.31. The molecular formula is C15H13Cl2NO3S. The van der Waals surface area contributed by atoms with E-state index in [0.717, 1.165) is 6.26 Å². The van der Waals surface area contributed by atoms with Gasteiger partial charge in [0.2, 0.25) is 5.91 Å². The van der Waals surface area contributed by atoms with E-state index in [2.05, 4.69) is 5.32 Å². The number of nitrogens with one attached hydrogen (secondary N) is 1. The predicted molar refractivity (Wildman–Crippen MR) is 88.3 cm³/mol. The molecule has 0 radical (unpaired) electrons. The van der Waals surface area contributed by atoms with Crippen LogP contribution in [0.4, 0.5) is 5.69 Å². The average molecular weight is 358 g/mol. The SMILES string of the molecule is CS(=O)(=O)c1cccc(NC(=O)Cc2ccc(Cl)c(Cl)c2)c1. The first-order chi connectivity index (χ1) is 10.3. The fourth-order valence-electron chi connectivity index (χ4n) is 1.84. The summed E-state index contributed by atoms with van der Waals surface area (Å²) in [7, 11) is -3.31. The third-order valence-electron chi connectivity index (χ3n) is 2.89. The van der Waals surface area contributed by atoms with Crippen LogP contribution in [0.25, 0.3) is 0 Å². The van der Waals surface area contributed by atoms with Crippen molar-refractivity contribution >= 4 is 44.6 Å². The van der Waals surface area contributed by atoms with Gasteiger partial charge < -0.3 is 5.32 Å². The molecule has 0 bridgehead atoms. The molecule has 2 rings (SSSR count). The number of carbonyl (C=O) groups is 1. The Balaban J connectivity index is 2.10. The second kappa shape index (κ2) is 6.69. The Morgan fingerprint density at radius 1 is 1.09 bits per heavy atom. The molecular weight excluding hydrogens is 345 g/mol. The van der Waals surface area contributed by atoms with Gasteiger partial charge in [-0.25, -0.2) is 8.42 Å². The molecule has 0 saturated heterocycles. The average Bonchev–Trinajstić information content (AvgIpc) is 2.42. The topological polar surface area (TPSA) is 63.2 Å². The predicted octanol–water partition coefficient (Wildman–Crippen LogP) is 3.58. The van der Waals surface area contributed by atoms with Crippen LogP contribution in [0.3, 0.4) is 0 Å². The van der Waals surface area contributed by atoms with E-state index in [0.29, 0.717) is 21.3 Å². The van der Waals surface area contributed by atoms with Crippen molar-refractivity contribution in [2.75, 3.05) is 11.6 Å². The van der Waals surface area contributed by atoms with Gasteiger partial charge in [0.25, 0.3) is 0 Å². The molecule has 0 unspecified atom stereocenters. The lowest BCUT2D eigenvalue weighted by atomic mass is 10.1. The van der Waals surface area contributed by atoms with Gasteiger partial charge in [0.05, 0.1) is 21.4 Å². The van der Waals surface area contributed by atoms with Gasteiger partial charge in [-0.05, 0) is 35.9 Å². The van der Waals surface area contributed by atoms with Crippen molar-refractivity contribution in [2.24, 2.45) is 0 Å². The number of amides is 1. The summed E-state index contributed by atoms with van der Waals surface area (Å²) in [4.78, 5) is 12.2. The van der Waals surface area contributed by atoms with Crippen molar-refractivity contribution in [1.29, 1.82) is 0 Å². The summed E-state index contributed by atoms with van der Waals surface area (Å²) in [6.07, 6.45) is 1.23. The summed E-state index contributed by atoms with van der Waals surface area (Å²) in [5, 5.41) is 3.46. The molecule has 0 spiro atoms. The van der Waals surface area contributed by atoms with Crippen LogP contribution in [-0.4, -0.2) is 20.6 Å². The van der Waals surface area contributed by atoms with Gasteiger partial charge in [0.1, 0.15) is 0 Å². The fourth-order valence-corrected chi connectivity index (χ4v) is 2.83. The Bertz CT molecular complexity index is 819. The van der Waals surface area contributed by atoms with E-state index in [4.69, 9.17) is 23.2 Å². The number of benzene rings is 2. The van der Waals surface area contributed by atoms with Crippen molar-refractivity contribution in [3.05, 3.63) is 58.1 Å². The van der Waals surface area contributed by atoms with Gasteiger partial charge in [-0.1, -0.05) is 35.3 Å². The van der Waals surface area contributed by atoms with Crippen LogP contribution >= 0.6 is 23.2 Å². The number of halogens is 2. The lowest BCUT2D eigenvalue weighted by Crippen LogP contribution is -2.14. The third-order valence-corrected chi connectivity index (χ3v) is 4.74. The van der Waals surface area contributed by atoms with Crippen LogP contribution in [-0.2, 0) is 21.1 Å². The highest BCUT2D eigenvalue weighted by Crippen LogP contribution is 2.23. The molecule has 116 valence electrons. The van der Waals surface area contributed by atoms with Crippen LogP contribution in [0.2, 0.25) is 10.0 Å². The third kappa shape index (κ3) is 4.47. The molecule has 0 heterocycles. The van der Waals surface area contributed by atoms with E-state index in [-0.39, 0.29) is 17.2 Å². The van der Waals surface area contributed by atoms with Crippen LogP contribution in [0.5, 0.6) is 0 Å². The van der Waals surface area contributed by atoms with Crippen molar-refractivity contribution in [3.63, 3.8) is 0 Å². The lowest BCUT2D eigenvalue weighted by molar-refractivity contribution is -0.115. The van der Waals surface area contributed by atoms with E-state index in [9.17, 15) is 13.2 Å². The highest BCUT2D eigenvalue weighted by atomic mass is 35.5. The molecule has 1 amide bonds. The second-order valence-electron chi connectivity index (χ2n) is 4.77. The zero-order chi connectivity index (χ0) is 16.3. The van der Waals surface area contributed by atoms with Crippen LogP contribution in [0.1, 0.15) is 5.56 Å². The molecule has 4 nitrogen and oxygen atoms in total. The summed E-state index contributed by atoms with van der Waals surface area (Å²) in [5.41, 5.74) is 1.14. The molecule has 0 aliphatic heterocycles. The van der Waals surface area contributed by atoms with Crippen molar-refractivity contribution in [1.82, 2.24) is 0 Å². The fraction of sp³-hybridized carbons (Fsp3) is 0.133. The van der Waals surface area contributed by atoms with E-state index in [1.54, 1.807) is 30.3 Å². The van der Waals surface area contributed by atoms with Crippen molar-refractivity contribution in [3.8, 4) is 0 Å². The summed E-state index contributed by atoms with van der Waals surface area (Å²) >= 11 is 11.7. The number of anilines is 1. The van der Waals surface area contributed by atoms with Gasteiger partial charge in [-0.2, -0.15) is 0 Å². The number of rotatable bonds is 4. The monoisotopic (exact) mass is 357 g/mol. The second-order valence-corrected chi connectivity index (χ2v) is 7.60. The minimum absolute atomic E-state index is 0.111. The van der Waals surface area contributed by atoms with Crippen LogP contribution in [0, 0.1) is 0 Å². The molecule has 0 saturated carbocycles. The Hall–Kier alpha value is -1.56. The van der Waals surface area contributed by atoms with Crippen molar-refractivity contribution < 1.29 is 13.2 Å². The first-order valence-corrected chi connectivity index (χ1v) is 8.94. The number of hydrogen-bond acceptors (Lipinski definition) is 3. The molecule has 0 aromatic heterocycles. The standard InChI is InChI=1S/C15H13Cl2NO3S/c1-22(20,21)12-4-2-3-11(9-12)18-15(19)8-10-5-6-13(16)14(17)7-10/h2-7,9H,8H2,1H3,(H,18,19). The smallest absolute Gasteiger partial charge is 0.228 e. The molecule has 0 fully saturated rings. The molecule has 2 aromatic carbocycles. The molecule has 0 atom stereocenters. The van der Waals surface area contributed by atoms with E-state index >= 15 is 0 Å². The first-order valence-electron chi connectivity index (χ1n) is 6.29. The first kappa shape index (κ1) is 16.8. The van der Waals surface area contributed by atoms with Gasteiger partial charge in [-0.15, -0.1) is 0 Å². The highest BCUT2D eigenvalue weighted by molar-refractivity contribution is 7.90. The van der Waals surface area contributed by atoms with Crippen LogP contribution < -0.4 is 5.32 Å².